The Morgan fingerprint density at radius 1 is 1.32 bits per heavy atom. The van der Waals surface area contributed by atoms with Gasteiger partial charge in [-0.2, -0.15) is 0 Å². The van der Waals surface area contributed by atoms with Crippen LogP contribution in [0.5, 0.6) is 0 Å². The van der Waals surface area contributed by atoms with E-state index < -0.39 is 0 Å². The van der Waals surface area contributed by atoms with Crippen LogP contribution in [0.2, 0.25) is 0 Å². The highest BCUT2D eigenvalue weighted by Gasteiger charge is 2.25. The zero-order chi connectivity index (χ0) is 17.6. The van der Waals surface area contributed by atoms with Gasteiger partial charge >= 0.3 is 0 Å². The summed E-state index contributed by atoms with van der Waals surface area (Å²) in [6.45, 7) is 3.21. The number of para-hydroxylation sites is 1. The SMILES string of the molecule is CCCCCNC(=O)c1csc(CN2C(=O)CSc3ccccc32)n1. The molecule has 0 atom stereocenters. The standard InChI is InChI=1S/C18H21N3O2S2/c1-2-3-6-9-19-18(23)13-11-25-16(20-13)10-21-14-7-4-5-8-15(14)24-12-17(21)22/h4-5,7-8,11H,2-3,6,9-10,12H2,1H3,(H,19,23). The highest BCUT2D eigenvalue weighted by atomic mass is 32.2. The molecule has 2 amide bonds. The molecule has 0 aliphatic carbocycles. The summed E-state index contributed by atoms with van der Waals surface area (Å²) in [6.07, 6.45) is 3.22. The molecule has 0 fully saturated rings. The number of benzene rings is 1. The molecule has 1 aliphatic heterocycles. The number of thioether (sulfide) groups is 1. The van der Waals surface area contributed by atoms with Gasteiger partial charge in [-0.05, 0) is 18.6 Å². The second-order valence-corrected chi connectivity index (χ2v) is 7.79. The number of anilines is 1. The van der Waals surface area contributed by atoms with E-state index in [4.69, 9.17) is 0 Å². The number of carbonyl (C=O) groups excluding carboxylic acids is 2. The van der Waals surface area contributed by atoms with Crippen molar-refractivity contribution >= 4 is 40.6 Å². The van der Waals surface area contributed by atoms with Gasteiger partial charge in [0.1, 0.15) is 10.7 Å². The maximum Gasteiger partial charge on any atom is 0.270 e. The Bertz CT molecular complexity index is 760. The van der Waals surface area contributed by atoms with E-state index in [1.54, 1.807) is 22.0 Å². The highest BCUT2D eigenvalue weighted by Crippen LogP contribution is 2.35. The van der Waals surface area contributed by atoms with Crippen molar-refractivity contribution < 1.29 is 9.59 Å². The van der Waals surface area contributed by atoms with Gasteiger partial charge in [0.25, 0.3) is 5.91 Å². The molecule has 0 saturated carbocycles. The average molecular weight is 376 g/mol. The fraction of sp³-hybridized carbons (Fsp3) is 0.389. The lowest BCUT2D eigenvalue weighted by Crippen LogP contribution is -2.34. The second kappa shape index (κ2) is 8.49. The lowest BCUT2D eigenvalue weighted by Gasteiger charge is -2.28. The quantitative estimate of drug-likeness (QED) is 0.750. The fourth-order valence-electron chi connectivity index (χ4n) is 2.62. The van der Waals surface area contributed by atoms with Crippen molar-refractivity contribution in [3.05, 3.63) is 40.3 Å². The number of nitrogens with one attached hydrogen (secondary N) is 1. The number of thiazole rings is 1. The summed E-state index contributed by atoms with van der Waals surface area (Å²) in [5.74, 6) is 0.372. The number of hydrogen-bond donors (Lipinski definition) is 1. The Labute approximate surface area is 155 Å². The first kappa shape index (κ1) is 17.9. The van der Waals surface area contributed by atoms with Crippen LogP contribution in [0.25, 0.3) is 0 Å². The van der Waals surface area contributed by atoms with Crippen LogP contribution in [0.1, 0.15) is 41.7 Å². The van der Waals surface area contributed by atoms with Gasteiger partial charge in [-0.1, -0.05) is 31.9 Å². The Hall–Kier alpha value is -1.86. The number of amides is 2. The van der Waals surface area contributed by atoms with Crippen molar-refractivity contribution in [1.82, 2.24) is 10.3 Å². The van der Waals surface area contributed by atoms with Gasteiger partial charge < -0.3 is 10.2 Å². The van der Waals surface area contributed by atoms with Crippen LogP contribution < -0.4 is 10.2 Å². The third-order valence-corrected chi connectivity index (χ3v) is 5.83. The van der Waals surface area contributed by atoms with Gasteiger partial charge in [0.2, 0.25) is 5.91 Å². The minimum atomic E-state index is -0.139. The summed E-state index contributed by atoms with van der Waals surface area (Å²) in [7, 11) is 0. The minimum absolute atomic E-state index is 0.0736. The van der Waals surface area contributed by atoms with Gasteiger partial charge in [-0.15, -0.1) is 23.1 Å². The monoisotopic (exact) mass is 375 g/mol. The molecule has 1 aliphatic rings. The third-order valence-electron chi connectivity index (χ3n) is 3.95. The van der Waals surface area contributed by atoms with E-state index in [1.807, 2.05) is 24.3 Å². The molecule has 1 N–H and O–H groups in total. The van der Waals surface area contributed by atoms with Gasteiger partial charge in [-0.25, -0.2) is 4.98 Å². The normalized spacial score (nSPS) is 13.6. The molecule has 0 bridgehead atoms. The van der Waals surface area contributed by atoms with Gasteiger partial charge in [0, 0.05) is 16.8 Å². The van der Waals surface area contributed by atoms with Gasteiger partial charge in [0.15, 0.2) is 0 Å². The van der Waals surface area contributed by atoms with Crippen LogP contribution in [0, 0.1) is 0 Å². The summed E-state index contributed by atoms with van der Waals surface area (Å²) >= 11 is 2.98. The fourth-order valence-corrected chi connectivity index (χ4v) is 4.32. The lowest BCUT2D eigenvalue weighted by molar-refractivity contribution is -0.116. The summed E-state index contributed by atoms with van der Waals surface area (Å²) in [6, 6.07) is 7.89. The van der Waals surface area contributed by atoms with Gasteiger partial charge in [0.05, 0.1) is 18.0 Å². The van der Waals surface area contributed by atoms with Crippen molar-refractivity contribution in [3.63, 3.8) is 0 Å². The van der Waals surface area contributed by atoms with Crippen molar-refractivity contribution in [3.8, 4) is 0 Å². The highest BCUT2D eigenvalue weighted by molar-refractivity contribution is 8.00. The molecule has 1 aromatic heterocycles. The first-order valence-corrected chi connectivity index (χ1v) is 10.3. The maximum atomic E-state index is 12.3. The van der Waals surface area contributed by atoms with Crippen molar-refractivity contribution in [2.24, 2.45) is 0 Å². The van der Waals surface area contributed by atoms with E-state index in [0.29, 0.717) is 24.5 Å². The molecule has 2 aromatic rings. The van der Waals surface area contributed by atoms with Crippen molar-refractivity contribution in [2.45, 2.75) is 37.6 Å². The number of fused-ring (bicyclic) bond motifs is 1. The topological polar surface area (TPSA) is 62.3 Å². The van der Waals surface area contributed by atoms with Crippen LogP contribution in [0.15, 0.2) is 34.5 Å². The molecular formula is C18H21N3O2S2. The largest absolute Gasteiger partial charge is 0.351 e. The zero-order valence-corrected chi connectivity index (χ0v) is 15.8. The molecule has 0 radical (unpaired) electrons. The predicted octanol–water partition coefficient (Wildman–Crippen LogP) is 3.70. The summed E-state index contributed by atoms with van der Waals surface area (Å²) < 4.78 is 0. The predicted molar refractivity (Wildman–Crippen MR) is 102 cm³/mol. The Morgan fingerprint density at radius 2 is 2.16 bits per heavy atom. The number of unbranched alkanes of at least 4 members (excludes halogenated alkanes) is 2. The van der Waals surface area contributed by atoms with E-state index in [1.165, 1.54) is 11.3 Å². The van der Waals surface area contributed by atoms with Crippen LogP contribution in [-0.2, 0) is 11.3 Å². The Kier molecular flexibility index (Phi) is 6.09. The molecule has 3 rings (SSSR count). The zero-order valence-electron chi connectivity index (χ0n) is 14.2. The molecule has 0 unspecified atom stereocenters. The van der Waals surface area contributed by atoms with E-state index in [0.717, 1.165) is 34.9 Å². The van der Waals surface area contributed by atoms with E-state index in [-0.39, 0.29) is 11.8 Å². The third kappa shape index (κ3) is 4.41. The van der Waals surface area contributed by atoms with Crippen molar-refractivity contribution in [2.75, 3.05) is 17.2 Å². The number of rotatable bonds is 7. The van der Waals surface area contributed by atoms with Gasteiger partial charge in [-0.3, -0.25) is 9.59 Å². The number of carbonyl (C=O) groups is 2. The molecule has 2 heterocycles. The first-order valence-electron chi connectivity index (χ1n) is 8.44. The molecule has 25 heavy (non-hydrogen) atoms. The van der Waals surface area contributed by atoms with Crippen LogP contribution in [0.4, 0.5) is 5.69 Å². The van der Waals surface area contributed by atoms with Crippen molar-refractivity contribution in [1.29, 1.82) is 0 Å². The molecule has 132 valence electrons. The molecule has 0 spiro atoms. The summed E-state index contributed by atoms with van der Waals surface area (Å²) in [5, 5.41) is 5.43. The molecule has 7 heteroatoms. The number of hydrogen-bond acceptors (Lipinski definition) is 5. The van der Waals surface area contributed by atoms with Crippen LogP contribution in [-0.4, -0.2) is 29.1 Å². The minimum Gasteiger partial charge on any atom is -0.351 e. The molecular weight excluding hydrogens is 354 g/mol. The average Bonchev–Trinajstić information content (AvgIpc) is 3.10. The molecule has 1 aromatic carbocycles. The summed E-state index contributed by atoms with van der Waals surface area (Å²) in [4.78, 5) is 31.7. The Balaban J connectivity index is 1.65. The Morgan fingerprint density at radius 3 is 3.00 bits per heavy atom. The van der Waals surface area contributed by atoms with Crippen LogP contribution >= 0.6 is 23.1 Å². The van der Waals surface area contributed by atoms with E-state index in [9.17, 15) is 9.59 Å². The maximum absolute atomic E-state index is 12.3. The number of nitrogens with zero attached hydrogens (tertiary/aromatic N) is 2. The smallest absolute Gasteiger partial charge is 0.270 e. The van der Waals surface area contributed by atoms with Crippen LogP contribution in [0.3, 0.4) is 0 Å². The molecule has 0 saturated heterocycles. The lowest BCUT2D eigenvalue weighted by atomic mass is 10.2. The van der Waals surface area contributed by atoms with E-state index >= 15 is 0 Å². The van der Waals surface area contributed by atoms with E-state index in [2.05, 4.69) is 17.2 Å². The first-order chi connectivity index (χ1) is 12.2. The molecule has 5 nitrogen and oxygen atoms in total. The second-order valence-electron chi connectivity index (χ2n) is 5.83. The number of aromatic nitrogens is 1. The summed E-state index contributed by atoms with van der Waals surface area (Å²) in [5.41, 5.74) is 1.35.